The lowest BCUT2D eigenvalue weighted by Crippen LogP contribution is -2.48. The summed E-state index contributed by atoms with van der Waals surface area (Å²) < 4.78 is 46.8. The predicted molar refractivity (Wildman–Crippen MR) is 110 cm³/mol. The highest BCUT2D eigenvalue weighted by molar-refractivity contribution is 7.89. The average molecular weight is 455 g/mol. The van der Waals surface area contributed by atoms with Crippen LogP contribution in [0.5, 0.6) is 5.75 Å². The van der Waals surface area contributed by atoms with Gasteiger partial charge in [0.2, 0.25) is 10.0 Å². The zero-order valence-corrected chi connectivity index (χ0v) is 17.7. The molecule has 1 aliphatic heterocycles. The highest BCUT2D eigenvalue weighted by Gasteiger charge is 2.51. The maximum Gasteiger partial charge on any atom is 0.244 e. The highest BCUT2D eigenvalue weighted by Crippen LogP contribution is 2.32. The van der Waals surface area contributed by atoms with Crippen LogP contribution in [0.15, 0.2) is 41.3 Å². The number of nitriles is 2. The van der Waals surface area contributed by atoms with Gasteiger partial charge in [-0.3, -0.25) is 0 Å². The van der Waals surface area contributed by atoms with Gasteiger partial charge in [-0.05, 0) is 37.3 Å². The van der Waals surface area contributed by atoms with Gasteiger partial charge in [-0.25, -0.2) is 12.8 Å². The molecule has 2 N–H and O–H groups in total. The predicted octanol–water partition coefficient (Wildman–Crippen LogP) is 1.12. The van der Waals surface area contributed by atoms with Crippen LogP contribution in [0.25, 0.3) is 0 Å². The molecular weight excluding hydrogens is 437 g/mol. The minimum atomic E-state index is -4.24. The molecule has 10 heteroatoms. The number of hydrogen-bond donors (Lipinski definition) is 2. The minimum Gasteiger partial charge on any atom is -0.486 e. The van der Waals surface area contributed by atoms with Gasteiger partial charge in [0.1, 0.15) is 40.3 Å². The first-order valence-electron chi connectivity index (χ1n) is 9.35. The van der Waals surface area contributed by atoms with Crippen LogP contribution in [0.2, 0.25) is 0 Å². The summed E-state index contributed by atoms with van der Waals surface area (Å²) in [4.78, 5) is -0.271. The van der Waals surface area contributed by atoms with Crippen molar-refractivity contribution in [1.82, 2.24) is 4.31 Å². The van der Waals surface area contributed by atoms with Crippen molar-refractivity contribution in [3.63, 3.8) is 0 Å². The Morgan fingerprint density at radius 2 is 1.94 bits per heavy atom. The third kappa shape index (κ3) is 4.29. The molecule has 0 radical (unpaired) electrons. The van der Waals surface area contributed by atoms with Gasteiger partial charge in [-0.15, -0.1) is 5.92 Å². The molecule has 0 amide bonds. The average Bonchev–Trinajstić information content (AvgIpc) is 3.11. The summed E-state index contributed by atoms with van der Waals surface area (Å²) in [5.74, 6) is 4.53. The summed E-state index contributed by atoms with van der Waals surface area (Å²) in [5, 5.41) is 38.8. The van der Waals surface area contributed by atoms with E-state index in [1.807, 2.05) is 6.07 Å². The number of ether oxygens (including phenoxy) is 1. The third-order valence-electron chi connectivity index (χ3n) is 5.02. The lowest BCUT2D eigenvalue weighted by molar-refractivity contribution is -0.0641. The minimum absolute atomic E-state index is 0.0437. The lowest BCUT2D eigenvalue weighted by atomic mass is 10.0. The number of aliphatic hydroxyl groups excluding tert-OH is 1. The maximum atomic E-state index is 13.9. The molecule has 164 valence electrons. The lowest BCUT2D eigenvalue weighted by Gasteiger charge is -2.27. The molecule has 3 rings (SSSR count). The van der Waals surface area contributed by atoms with E-state index in [1.54, 1.807) is 13.0 Å². The Kier molecular flexibility index (Phi) is 6.50. The summed E-state index contributed by atoms with van der Waals surface area (Å²) in [6.07, 6.45) is -1.23. The van der Waals surface area contributed by atoms with Crippen molar-refractivity contribution in [3.05, 3.63) is 58.9 Å². The molecule has 1 fully saturated rings. The van der Waals surface area contributed by atoms with E-state index in [9.17, 15) is 28.3 Å². The molecule has 1 saturated heterocycles. The van der Waals surface area contributed by atoms with E-state index in [4.69, 9.17) is 10.00 Å². The van der Waals surface area contributed by atoms with Crippen LogP contribution in [0, 0.1) is 40.3 Å². The molecule has 1 aliphatic rings. The molecule has 1 heterocycles. The Morgan fingerprint density at radius 1 is 1.22 bits per heavy atom. The van der Waals surface area contributed by atoms with Crippen LogP contribution >= 0.6 is 0 Å². The standard InChI is InChI=1S/C22H18FN3O5S/c1-2-3-15-4-7-20(17(8-15)11-25)32(29,30)26-12-21(22(28,13-26)14-27)31-18-6-5-16(10-24)19(23)9-18/h4-9,21,27-28H,12-14H2,1H3/t21-,22+/m0/s1. The monoisotopic (exact) mass is 455 g/mol. The molecule has 0 saturated carbocycles. The number of benzene rings is 2. The molecule has 2 aromatic carbocycles. The molecule has 0 bridgehead atoms. The number of sulfonamides is 1. The Balaban J connectivity index is 1.93. The van der Waals surface area contributed by atoms with Gasteiger partial charge >= 0.3 is 0 Å². The van der Waals surface area contributed by atoms with Gasteiger partial charge in [-0.2, -0.15) is 14.8 Å². The largest absolute Gasteiger partial charge is 0.486 e. The van der Waals surface area contributed by atoms with Gasteiger partial charge in [0, 0.05) is 18.2 Å². The first kappa shape index (κ1) is 23.2. The van der Waals surface area contributed by atoms with Crippen LogP contribution in [0.1, 0.15) is 23.6 Å². The molecule has 0 aliphatic carbocycles. The molecule has 0 spiro atoms. The van der Waals surface area contributed by atoms with E-state index in [0.29, 0.717) is 5.56 Å². The number of halogens is 1. The Hall–Kier alpha value is -3.46. The fourth-order valence-corrected chi connectivity index (χ4v) is 4.96. The fourth-order valence-electron chi connectivity index (χ4n) is 3.34. The molecular formula is C22H18FN3O5S. The van der Waals surface area contributed by atoms with Crippen molar-refractivity contribution in [2.75, 3.05) is 19.7 Å². The number of hydrogen-bond acceptors (Lipinski definition) is 7. The second-order valence-corrected chi connectivity index (χ2v) is 9.02. The zero-order valence-electron chi connectivity index (χ0n) is 16.9. The van der Waals surface area contributed by atoms with Crippen LogP contribution < -0.4 is 4.74 Å². The van der Waals surface area contributed by atoms with Crippen LogP contribution in [-0.2, 0) is 10.0 Å². The molecule has 0 aromatic heterocycles. The maximum absolute atomic E-state index is 13.9. The fraction of sp³-hybridized carbons (Fsp3) is 0.273. The quantitative estimate of drug-likeness (QED) is 0.645. The van der Waals surface area contributed by atoms with Crippen molar-refractivity contribution in [2.45, 2.75) is 23.5 Å². The van der Waals surface area contributed by atoms with E-state index >= 15 is 0 Å². The van der Waals surface area contributed by atoms with Crippen molar-refractivity contribution in [3.8, 4) is 29.7 Å². The second-order valence-electron chi connectivity index (χ2n) is 7.12. The Labute approximate surface area is 184 Å². The molecule has 2 aromatic rings. The SMILES string of the molecule is CC#Cc1ccc(S(=O)(=O)N2C[C@H](Oc3ccc(C#N)c(F)c3)[C@](O)(CO)C2)c(C#N)c1. The van der Waals surface area contributed by atoms with Gasteiger partial charge in [0.15, 0.2) is 0 Å². The summed E-state index contributed by atoms with van der Waals surface area (Å²) in [5.41, 5.74) is -1.82. The first-order chi connectivity index (χ1) is 15.2. The van der Waals surface area contributed by atoms with E-state index in [1.165, 1.54) is 30.3 Å². The summed E-state index contributed by atoms with van der Waals surface area (Å²) >= 11 is 0. The molecule has 32 heavy (non-hydrogen) atoms. The third-order valence-corrected chi connectivity index (χ3v) is 6.89. The molecule has 8 nitrogen and oxygen atoms in total. The number of rotatable bonds is 5. The number of aliphatic hydroxyl groups is 2. The van der Waals surface area contributed by atoms with E-state index in [0.717, 1.165) is 10.4 Å². The Morgan fingerprint density at radius 3 is 2.53 bits per heavy atom. The highest BCUT2D eigenvalue weighted by atomic mass is 32.2. The molecule has 0 unspecified atom stereocenters. The van der Waals surface area contributed by atoms with Crippen molar-refractivity contribution in [2.24, 2.45) is 0 Å². The van der Waals surface area contributed by atoms with Crippen LogP contribution in [-0.4, -0.2) is 54.3 Å². The van der Waals surface area contributed by atoms with Gasteiger partial charge in [-0.1, -0.05) is 5.92 Å². The van der Waals surface area contributed by atoms with Crippen LogP contribution in [0.4, 0.5) is 4.39 Å². The van der Waals surface area contributed by atoms with Gasteiger partial charge in [0.05, 0.1) is 24.3 Å². The van der Waals surface area contributed by atoms with Crippen LogP contribution in [0.3, 0.4) is 0 Å². The van der Waals surface area contributed by atoms with E-state index in [-0.39, 0.29) is 28.3 Å². The summed E-state index contributed by atoms with van der Waals surface area (Å²) in [6.45, 7) is -0.0752. The van der Waals surface area contributed by atoms with Gasteiger partial charge in [0.25, 0.3) is 0 Å². The van der Waals surface area contributed by atoms with Crippen molar-refractivity contribution < 1.29 is 27.8 Å². The summed E-state index contributed by atoms with van der Waals surface area (Å²) in [6, 6.07) is 11.0. The van der Waals surface area contributed by atoms with Gasteiger partial charge < -0.3 is 14.9 Å². The Bertz CT molecular complexity index is 1300. The number of nitrogens with zero attached hydrogens (tertiary/aromatic N) is 3. The normalized spacial score (nSPS) is 20.6. The van der Waals surface area contributed by atoms with Crippen molar-refractivity contribution >= 4 is 10.0 Å². The topological polar surface area (TPSA) is 135 Å². The molecule has 2 atom stereocenters. The second kappa shape index (κ2) is 8.96. The van der Waals surface area contributed by atoms with E-state index in [2.05, 4.69) is 11.8 Å². The number of β-amino-alcohol motifs (C(OH)–C–C–N with tert-alkyl or cyclic N) is 1. The van der Waals surface area contributed by atoms with E-state index < -0.39 is 40.7 Å². The zero-order chi connectivity index (χ0) is 23.5. The first-order valence-corrected chi connectivity index (χ1v) is 10.8. The summed E-state index contributed by atoms with van der Waals surface area (Å²) in [7, 11) is -4.24. The smallest absolute Gasteiger partial charge is 0.244 e. The van der Waals surface area contributed by atoms with Crippen molar-refractivity contribution in [1.29, 1.82) is 10.5 Å².